The normalized spacial score (nSPS) is 22.7. The third kappa shape index (κ3) is 2.92. The van der Waals surface area contributed by atoms with Gasteiger partial charge in [-0.1, -0.05) is 30.9 Å². The van der Waals surface area contributed by atoms with E-state index in [9.17, 15) is 0 Å². The fourth-order valence-corrected chi connectivity index (χ4v) is 4.38. The van der Waals surface area contributed by atoms with Gasteiger partial charge < -0.3 is 4.90 Å². The van der Waals surface area contributed by atoms with Crippen LogP contribution in [0.25, 0.3) is 0 Å². The first-order chi connectivity index (χ1) is 9.19. The molecule has 0 atom stereocenters. The maximum atomic E-state index is 6.31. The average molecular weight is 344 g/mol. The van der Waals surface area contributed by atoms with Crippen LogP contribution >= 0.6 is 27.5 Å². The number of nitrogens with zero attached hydrogens (tertiary/aromatic N) is 2. The lowest BCUT2D eigenvalue weighted by atomic mass is 9.68. The largest absolute Gasteiger partial charge is 0.355 e. The maximum Gasteiger partial charge on any atom is 0.147 e. The van der Waals surface area contributed by atoms with Crippen LogP contribution in [0, 0.1) is 5.41 Å². The van der Waals surface area contributed by atoms with Crippen molar-refractivity contribution in [3.8, 4) is 0 Å². The van der Waals surface area contributed by atoms with E-state index in [-0.39, 0.29) is 0 Å². The molecule has 1 aromatic heterocycles. The van der Waals surface area contributed by atoms with Gasteiger partial charge in [0.2, 0.25) is 0 Å². The summed E-state index contributed by atoms with van der Waals surface area (Å²) in [5, 5.41) is 0.758. The number of rotatable bonds is 1. The fourth-order valence-electron chi connectivity index (χ4n) is 3.63. The van der Waals surface area contributed by atoms with E-state index < -0.39 is 0 Å². The second kappa shape index (κ2) is 5.61. The molecule has 0 N–H and O–H groups in total. The van der Waals surface area contributed by atoms with Gasteiger partial charge in [0.25, 0.3) is 0 Å². The summed E-state index contributed by atoms with van der Waals surface area (Å²) < 4.78 is 0.946. The van der Waals surface area contributed by atoms with E-state index in [1.165, 1.54) is 44.9 Å². The van der Waals surface area contributed by atoms with Crippen LogP contribution in [0.2, 0.25) is 5.02 Å². The Kier molecular flexibility index (Phi) is 4.04. The van der Waals surface area contributed by atoms with E-state index in [4.69, 9.17) is 11.6 Å². The van der Waals surface area contributed by atoms with Gasteiger partial charge in [0, 0.05) is 23.8 Å². The summed E-state index contributed by atoms with van der Waals surface area (Å²) in [7, 11) is 0. The van der Waals surface area contributed by atoms with Crippen molar-refractivity contribution in [2.75, 3.05) is 18.0 Å². The Hall–Kier alpha value is -0.280. The standard InChI is InChI=1S/C15H20BrClN2/c16-12-10-13(17)14(18-11-12)19-8-6-15(7-9-19)4-2-1-3-5-15/h10-11H,1-9H2. The monoisotopic (exact) mass is 342 g/mol. The third-order valence-corrected chi connectivity index (χ3v) is 5.54. The molecule has 1 aromatic rings. The van der Waals surface area contributed by atoms with Crippen LogP contribution in [-0.2, 0) is 0 Å². The summed E-state index contributed by atoms with van der Waals surface area (Å²) in [6, 6.07) is 1.94. The van der Waals surface area contributed by atoms with E-state index in [1.807, 2.05) is 12.3 Å². The number of halogens is 2. The molecule has 2 fully saturated rings. The highest BCUT2D eigenvalue weighted by atomic mass is 79.9. The summed E-state index contributed by atoms with van der Waals surface area (Å²) in [6.07, 6.45) is 11.6. The van der Waals surface area contributed by atoms with Crippen molar-refractivity contribution in [3.05, 3.63) is 21.8 Å². The van der Waals surface area contributed by atoms with Gasteiger partial charge in [-0.15, -0.1) is 0 Å². The SMILES string of the molecule is Clc1cc(Br)cnc1N1CCC2(CCCCC2)CC1. The summed E-state index contributed by atoms with van der Waals surface area (Å²) in [6.45, 7) is 2.21. The Morgan fingerprint density at radius 2 is 1.79 bits per heavy atom. The van der Waals surface area contributed by atoms with Gasteiger partial charge in [-0.3, -0.25) is 0 Å². The molecule has 4 heteroatoms. The summed E-state index contributed by atoms with van der Waals surface area (Å²) >= 11 is 9.72. The molecular formula is C15H20BrClN2. The molecule has 0 radical (unpaired) electrons. The van der Waals surface area contributed by atoms with Crippen LogP contribution < -0.4 is 4.90 Å². The smallest absolute Gasteiger partial charge is 0.147 e. The van der Waals surface area contributed by atoms with Crippen LogP contribution in [0.15, 0.2) is 16.7 Å². The summed E-state index contributed by atoms with van der Waals surface area (Å²) in [4.78, 5) is 6.84. The van der Waals surface area contributed by atoms with Crippen LogP contribution in [0.4, 0.5) is 5.82 Å². The zero-order valence-corrected chi connectivity index (χ0v) is 13.5. The second-order valence-corrected chi connectivity index (χ2v) is 7.33. The first kappa shape index (κ1) is 13.7. The van der Waals surface area contributed by atoms with E-state index >= 15 is 0 Å². The quantitative estimate of drug-likeness (QED) is 0.709. The molecule has 0 amide bonds. The Balaban J connectivity index is 1.69. The third-order valence-electron chi connectivity index (χ3n) is 4.83. The van der Waals surface area contributed by atoms with E-state index in [1.54, 1.807) is 0 Å². The van der Waals surface area contributed by atoms with Gasteiger partial charge in [-0.25, -0.2) is 4.98 Å². The lowest BCUT2D eigenvalue weighted by Gasteiger charge is -2.44. The van der Waals surface area contributed by atoms with Crippen molar-refractivity contribution in [1.29, 1.82) is 0 Å². The van der Waals surface area contributed by atoms with Crippen LogP contribution in [0.5, 0.6) is 0 Å². The highest BCUT2D eigenvalue weighted by Crippen LogP contribution is 2.45. The van der Waals surface area contributed by atoms with Crippen LogP contribution in [0.3, 0.4) is 0 Å². The summed E-state index contributed by atoms with van der Waals surface area (Å²) in [5.74, 6) is 0.954. The average Bonchev–Trinajstić information content (AvgIpc) is 2.41. The Morgan fingerprint density at radius 3 is 2.42 bits per heavy atom. The molecule has 2 aliphatic rings. The first-order valence-corrected chi connectivity index (χ1v) is 8.42. The van der Waals surface area contributed by atoms with E-state index in [0.29, 0.717) is 5.41 Å². The molecule has 2 nitrogen and oxygen atoms in total. The van der Waals surface area contributed by atoms with Gasteiger partial charge in [0.15, 0.2) is 0 Å². The lowest BCUT2D eigenvalue weighted by molar-refractivity contribution is 0.144. The highest BCUT2D eigenvalue weighted by Gasteiger charge is 2.36. The molecule has 1 saturated carbocycles. The minimum atomic E-state index is 0.636. The van der Waals surface area contributed by atoms with Gasteiger partial charge >= 0.3 is 0 Å². The molecule has 0 unspecified atom stereocenters. The lowest BCUT2D eigenvalue weighted by Crippen LogP contribution is -2.41. The van der Waals surface area contributed by atoms with Crippen LogP contribution in [-0.4, -0.2) is 18.1 Å². The molecule has 3 rings (SSSR count). The Labute approximate surface area is 128 Å². The Morgan fingerprint density at radius 1 is 1.11 bits per heavy atom. The van der Waals surface area contributed by atoms with Crippen molar-refractivity contribution in [1.82, 2.24) is 4.98 Å². The molecule has 2 heterocycles. The van der Waals surface area contributed by atoms with Crippen molar-refractivity contribution in [2.24, 2.45) is 5.41 Å². The topological polar surface area (TPSA) is 16.1 Å². The Bertz CT molecular complexity index is 447. The zero-order chi connectivity index (χ0) is 13.3. The molecular weight excluding hydrogens is 324 g/mol. The highest BCUT2D eigenvalue weighted by molar-refractivity contribution is 9.10. The number of aromatic nitrogens is 1. The van der Waals surface area contributed by atoms with Crippen LogP contribution in [0.1, 0.15) is 44.9 Å². The molecule has 1 saturated heterocycles. The predicted molar refractivity (Wildman–Crippen MR) is 83.9 cm³/mol. The maximum absolute atomic E-state index is 6.31. The van der Waals surface area contributed by atoms with Crippen molar-refractivity contribution >= 4 is 33.3 Å². The minimum absolute atomic E-state index is 0.636. The molecule has 19 heavy (non-hydrogen) atoms. The van der Waals surface area contributed by atoms with Crippen molar-refractivity contribution in [2.45, 2.75) is 44.9 Å². The molecule has 1 aliphatic heterocycles. The van der Waals surface area contributed by atoms with Gasteiger partial charge in [-0.2, -0.15) is 0 Å². The number of anilines is 1. The zero-order valence-electron chi connectivity index (χ0n) is 11.2. The molecule has 0 bridgehead atoms. The van der Waals surface area contributed by atoms with Gasteiger partial charge in [0.1, 0.15) is 5.82 Å². The number of piperidine rings is 1. The number of hydrogen-bond acceptors (Lipinski definition) is 2. The number of pyridine rings is 1. The molecule has 1 aliphatic carbocycles. The van der Waals surface area contributed by atoms with Crippen molar-refractivity contribution < 1.29 is 0 Å². The van der Waals surface area contributed by atoms with Crippen molar-refractivity contribution in [3.63, 3.8) is 0 Å². The van der Waals surface area contributed by atoms with Gasteiger partial charge in [0.05, 0.1) is 5.02 Å². The molecule has 0 aromatic carbocycles. The minimum Gasteiger partial charge on any atom is -0.355 e. The fraction of sp³-hybridized carbons (Fsp3) is 0.667. The predicted octanol–water partition coefficient (Wildman–Crippen LogP) is 5.05. The van der Waals surface area contributed by atoms with Gasteiger partial charge in [-0.05, 0) is 53.1 Å². The molecule has 104 valence electrons. The summed E-state index contributed by atoms with van der Waals surface area (Å²) in [5.41, 5.74) is 0.636. The number of hydrogen-bond donors (Lipinski definition) is 0. The second-order valence-electron chi connectivity index (χ2n) is 6.01. The van der Waals surface area contributed by atoms with E-state index in [2.05, 4.69) is 25.8 Å². The van der Waals surface area contributed by atoms with E-state index in [0.717, 1.165) is 28.4 Å². The molecule has 1 spiro atoms. The first-order valence-electron chi connectivity index (χ1n) is 7.25.